The van der Waals surface area contributed by atoms with Crippen LogP contribution in [0.15, 0.2) is 24.3 Å². The fraction of sp³-hybridized carbons (Fsp3) is 0.250. The Morgan fingerprint density at radius 3 is 2.53 bits per heavy atom. The Bertz CT molecular complexity index is 466. The molecule has 0 bridgehead atoms. The zero-order chi connectivity index (χ0) is 12.4. The Balaban J connectivity index is 2.20. The van der Waals surface area contributed by atoms with E-state index in [0.29, 0.717) is 17.5 Å². The summed E-state index contributed by atoms with van der Waals surface area (Å²) in [5, 5.41) is 0. The first kappa shape index (κ1) is 11.3. The Morgan fingerprint density at radius 2 is 2.06 bits per heavy atom. The monoisotopic (exact) mass is 233 g/mol. The largest absolute Gasteiger partial charge is 0.436 e. The van der Waals surface area contributed by atoms with E-state index >= 15 is 0 Å². The van der Waals surface area contributed by atoms with Gasteiger partial charge in [0, 0.05) is 11.3 Å². The van der Waals surface area contributed by atoms with Crippen molar-refractivity contribution in [3.05, 3.63) is 29.8 Å². The lowest BCUT2D eigenvalue weighted by Gasteiger charge is -2.12. The summed E-state index contributed by atoms with van der Waals surface area (Å²) in [6, 6.07) is 6.59. The molecule has 1 aromatic rings. The molecular formula is C12H11NO4. The minimum atomic E-state index is -0.713. The minimum absolute atomic E-state index is 0.0358. The third-order valence-electron chi connectivity index (χ3n) is 2.57. The first-order chi connectivity index (χ1) is 8.11. The Hall–Kier alpha value is -2.17. The van der Waals surface area contributed by atoms with Gasteiger partial charge in [-0.3, -0.25) is 14.5 Å². The number of carbonyl (C=O) groups excluding carboxylic acids is 3. The van der Waals surface area contributed by atoms with Crippen molar-refractivity contribution in [1.29, 1.82) is 0 Å². The molecule has 1 aliphatic rings. The van der Waals surface area contributed by atoms with E-state index in [1.54, 1.807) is 24.3 Å². The predicted octanol–water partition coefficient (Wildman–Crippen LogP) is 1.41. The molecule has 0 aliphatic carbocycles. The molecular weight excluding hydrogens is 222 g/mol. The van der Waals surface area contributed by atoms with Crippen molar-refractivity contribution in [2.75, 3.05) is 11.4 Å². The van der Waals surface area contributed by atoms with Crippen molar-refractivity contribution < 1.29 is 19.1 Å². The molecule has 5 heteroatoms. The number of nitrogens with zero attached hydrogens (tertiary/aromatic N) is 1. The highest BCUT2D eigenvalue weighted by Gasteiger charge is 2.31. The van der Waals surface area contributed by atoms with Crippen LogP contribution < -0.4 is 4.90 Å². The highest BCUT2D eigenvalue weighted by Crippen LogP contribution is 2.21. The summed E-state index contributed by atoms with van der Waals surface area (Å²) in [6.07, 6.45) is -0.658. The average Bonchev–Trinajstić information content (AvgIpc) is 2.71. The van der Waals surface area contributed by atoms with Gasteiger partial charge in [0.25, 0.3) is 0 Å². The number of hydrogen-bond acceptors (Lipinski definition) is 4. The molecule has 1 heterocycles. The summed E-state index contributed by atoms with van der Waals surface area (Å²) in [6.45, 7) is 1.68. The van der Waals surface area contributed by atoms with Gasteiger partial charge < -0.3 is 4.74 Å². The van der Waals surface area contributed by atoms with Crippen molar-refractivity contribution in [3.8, 4) is 0 Å². The number of carbonyl (C=O) groups is 3. The molecule has 0 saturated carbocycles. The Labute approximate surface area is 98.0 Å². The van der Waals surface area contributed by atoms with Gasteiger partial charge >= 0.3 is 6.09 Å². The molecule has 1 aromatic carbocycles. The fourth-order valence-corrected chi connectivity index (χ4v) is 1.64. The fourth-order valence-electron chi connectivity index (χ4n) is 1.64. The van der Waals surface area contributed by atoms with Crippen LogP contribution in [-0.4, -0.2) is 30.8 Å². The molecule has 1 fully saturated rings. The zero-order valence-electron chi connectivity index (χ0n) is 9.25. The highest BCUT2D eigenvalue weighted by molar-refractivity contribution is 5.96. The van der Waals surface area contributed by atoms with E-state index in [1.165, 1.54) is 11.8 Å². The average molecular weight is 233 g/mol. The van der Waals surface area contributed by atoms with Crippen LogP contribution in [0.5, 0.6) is 0 Å². The SMILES string of the molecule is CC(=O)c1ccc(N2CC(C=O)OC2=O)cc1. The molecule has 17 heavy (non-hydrogen) atoms. The second-order valence-corrected chi connectivity index (χ2v) is 3.77. The van der Waals surface area contributed by atoms with Crippen molar-refractivity contribution >= 4 is 23.9 Å². The molecule has 1 unspecified atom stereocenters. The third-order valence-corrected chi connectivity index (χ3v) is 2.57. The number of rotatable bonds is 3. The summed E-state index contributed by atoms with van der Waals surface area (Å²) in [4.78, 5) is 34.4. The molecule has 0 spiro atoms. The predicted molar refractivity (Wildman–Crippen MR) is 60.1 cm³/mol. The Kier molecular flexibility index (Phi) is 2.91. The standard InChI is InChI=1S/C12H11NO4/c1-8(15)9-2-4-10(5-3-9)13-6-11(7-14)17-12(13)16/h2-5,7,11H,6H2,1H3. The number of ether oxygens (including phenoxy) is 1. The summed E-state index contributed by atoms with van der Waals surface area (Å²) in [5.41, 5.74) is 1.19. The van der Waals surface area contributed by atoms with Gasteiger partial charge in [-0.1, -0.05) is 0 Å². The summed E-state index contributed by atoms with van der Waals surface area (Å²) in [7, 11) is 0. The molecule has 88 valence electrons. The Morgan fingerprint density at radius 1 is 1.41 bits per heavy atom. The number of aldehydes is 1. The van der Waals surface area contributed by atoms with Crippen LogP contribution in [-0.2, 0) is 9.53 Å². The number of Topliss-reactive ketones (excluding diaryl/α,β-unsaturated/α-hetero) is 1. The molecule has 0 radical (unpaired) electrons. The number of cyclic esters (lactones) is 1. The maximum Gasteiger partial charge on any atom is 0.415 e. The molecule has 0 aromatic heterocycles. The smallest absolute Gasteiger partial charge is 0.415 e. The van der Waals surface area contributed by atoms with E-state index in [9.17, 15) is 14.4 Å². The maximum atomic E-state index is 11.4. The van der Waals surface area contributed by atoms with E-state index in [4.69, 9.17) is 4.74 Å². The summed E-state index contributed by atoms with van der Waals surface area (Å²) in [5.74, 6) is -0.0358. The molecule has 5 nitrogen and oxygen atoms in total. The quantitative estimate of drug-likeness (QED) is 0.585. The number of anilines is 1. The first-order valence-corrected chi connectivity index (χ1v) is 5.16. The van der Waals surface area contributed by atoms with Crippen LogP contribution in [0.2, 0.25) is 0 Å². The molecule has 1 aliphatic heterocycles. The van der Waals surface area contributed by atoms with Gasteiger partial charge in [-0.05, 0) is 31.2 Å². The van der Waals surface area contributed by atoms with Gasteiger partial charge in [-0.2, -0.15) is 0 Å². The second kappa shape index (κ2) is 4.37. The molecule has 1 amide bonds. The van der Waals surface area contributed by atoms with Gasteiger partial charge in [0.15, 0.2) is 18.2 Å². The van der Waals surface area contributed by atoms with Gasteiger partial charge in [-0.25, -0.2) is 4.79 Å². The van der Waals surface area contributed by atoms with Gasteiger partial charge in [0.2, 0.25) is 0 Å². The molecule has 1 saturated heterocycles. The van der Waals surface area contributed by atoms with Crippen LogP contribution in [0.3, 0.4) is 0 Å². The molecule has 1 atom stereocenters. The van der Waals surface area contributed by atoms with E-state index < -0.39 is 12.2 Å². The van der Waals surface area contributed by atoms with Crippen molar-refractivity contribution in [2.45, 2.75) is 13.0 Å². The summed E-state index contributed by atoms with van der Waals surface area (Å²) < 4.78 is 4.81. The van der Waals surface area contributed by atoms with Crippen molar-refractivity contribution in [2.24, 2.45) is 0 Å². The molecule has 2 rings (SSSR count). The number of hydrogen-bond donors (Lipinski definition) is 0. The number of benzene rings is 1. The number of ketones is 1. The van der Waals surface area contributed by atoms with Crippen molar-refractivity contribution in [1.82, 2.24) is 0 Å². The van der Waals surface area contributed by atoms with Crippen molar-refractivity contribution in [3.63, 3.8) is 0 Å². The number of amides is 1. The van der Waals surface area contributed by atoms with E-state index in [1.807, 2.05) is 0 Å². The maximum absolute atomic E-state index is 11.4. The summed E-state index contributed by atoms with van der Waals surface area (Å²) >= 11 is 0. The van der Waals surface area contributed by atoms with E-state index in [-0.39, 0.29) is 12.3 Å². The van der Waals surface area contributed by atoms with E-state index in [2.05, 4.69) is 0 Å². The van der Waals surface area contributed by atoms with Crippen LogP contribution in [0.25, 0.3) is 0 Å². The van der Waals surface area contributed by atoms with Crippen LogP contribution >= 0.6 is 0 Å². The van der Waals surface area contributed by atoms with Crippen LogP contribution in [0, 0.1) is 0 Å². The van der Waals surface area contributed by atoms with Gasteiger partial charge in [-0.15, -0.1) is 0 Å². The van der Waals surface area contributed by atoms with Crippen LogP contribution in [0.1, 0.15) is 17.3 Å². The lowest BCUT2D eigenvalue weighted by Crippen LogP contribution is -2.24. The van der Waals surface area contributed by atoms with Gasteiger partial charge in [0.1, 0.15) is 0 Å². The first-order valence-electron chi connectivity index (χ1n) is 5.16. The topological polar surface area (TPSA) is 63.7 Å². The lowest BCUT2D eigenvalue weighted by molar-refractivity contribution is -0.113. The minimum Gasteiger partial charge on any atom is -0.436 e. The van der Waals surface area contributed by atoms with Gasteiger partial charge in [0.05, 0.1) is 6.54 Å². The third kappa shape index (κ3) is 2.18. The zero-order valence-corrected chi connectivity index (χ0v) is 9.25. The second-order valence-electron chi connectivity index (χ2n) is 3.77. The normalized spacial score (nSPS) is 19.0. The lowest BCUT2D eigenvalue weighted by atomic mass is 10.1. The van der Waals surface area contributed by atoms with E-state index in [0.717, 1.165) is 0 Å². The highest BCUT2D eigenvalue weighted by atomic mass is 16.6. The van der Waals surface area contributed by atoms with Crippen LogP contribution in [0.4, 0.5) is 10.5 Å². The molecule has 0 N–H and O–H groups in total.